The van der Waals surface area contributed by atoms with Gasteiger partial charge in [0.2, 0.25) is 0 Å². The molecule has 1 atom stereocenters. The molecule has 25 heavy (non-hydrogen) atoms. The van der Waals surface area contributed by atoms with Gasteiger partial charge in [-0.3, -0.25) is 23.9 Å². The molecule has 2 aromatic rings. The highest BCUT2D eigenvalue weighted by molar-refractivity contribution is 5.95. The number of ether oxygens (including phenoxy) is 1. The van der Waals surface area contributed by atoms with Crippen molar-refractivity contribution in [3.63, 3.8) is 0 Å². The Morgan fingerprint density at radius 3 is 2.80 bits per heavy atom. The second-order valence-electron chi connectivity index (χ2n) is 5.05. The summed E-state index contributed by atoms with van der Waals surface area (Å²) < 4.78 is 5.91. The third-order valence-corrected chi connectivity index (χ3v) is 3.13. The van der Waals surface area contributed by atoms with E-state index < -0.39 is 35.8 Å². The number of esters is 1. The highest BCUT2D eigenvalue weighted by Crippen LogP contribution is 2.10. The number of amides is 1. The fourth-order valence-electron chi connectivity index (χ4n) is 1.91. The third-order valence-electron chi connectivity index (χ3n) is 3.13. The first-order valence-electron chi connectivity index (χ1n) is 7.19. The van der Waals surface area contributed by atoms with Crippen LogP contribution < -0.4 is 16.6 Å². The van der Waals surface area contributed by atoms with Gasteiger partial charge in [-0.05, 0) is 25.1 Å². The predicted molar refractivity (Wildman–Crippen MR) is 86.7 cm³/mol. The van der Waals surface area contributed by atoms with Crippen LogP contribution in [-0.4, -0.2) is 27.5 Å². The molecule has 0 saturated carbocycles. The number of nitrogens with zero attached hydrogens (tertiary/aromatic N) is 2. The van der Waals surface area contributed by atoms with Gasteiger partial charge < -0.3 is 10.1 Å². The normalized spacial score (nSPS) is 11.2. The average Bonchev–Trinajstić information content (AvgIpc) is 2.57. The van der Waals surface area contributed by atoms with Gasteiger partial charge in [0, 0.05) is 18.0 Å². The van der Waals surface area contributed by atoms with Gasteiger partial charge in [0.1, 0.15) is 6.54 Å². The minimum atomic E-state index is -1.11. The molecule has 2 rings (SSSR count). The lowest BCUT2D eigenvalue weighted by molar-refractivity contribution is -0.153. The molecule has 1 heterocycles. The van der Waals surface area contributed by atoms with Gasteiger partial charge in [-0.1, -0.05) is 6.07 Å². The molecule has 1 amide bonds. The van der Waals surface area contributed by atoms with Crippen LogP contribution in [0.25, 0.3) is 0 Å². The van der Waals surface area contributed by atoms with E-state index >= 15 is 0 Å². The Bertz CT molecular complexity index is 954. The van der Waals surface area contributed by atoms with Crippen LogP contribution in [0, 0.1) is 11.3 Å². The number of hydrogen-bond donors (Lipinski definition) is 2. The molecule has 0 saturated heterocycles. The van der Waals surface area contributed by atoms with Gasteiger partial charge in [0.15, 0.2) is 6.10 Å². The molecule has 0 bridgehead atoms. The van der Waals surface area contributed by atoms with Crippen molar-refractivity contribution in [2.24, 2.45) is 0 Å². The van der Waals surface area contributed by atoms with Gasteiger partial charge >= 0.3 is 11.7 Å². The molecule has 0 aliphatic rings. The molecular weight excluding hydrogens is 328 g/mol. The number of H-pyrrole nitrogens is 1. The maximum atomic E-state index is 12.0. The summed E-state index contributed by atoms with van der Waals surface area (Å²) in [6, 6.07) is 9.29. The first kappa shape index (κ1) is 17.7. The number of aromatic amines is 1. The van der Waals surface area contributed by atoms with E-state index in [9.17, 15) is 19.2 Å². The molecule has 2 N–H and O–H groups in total. The fraction of sp³-hybridized carbons (Fsp3) is 0.188. The van der Waals surface area contributed by atoms with Crippen LogP contribution >= 0.6 is 0 Å². The Kier molecular flexibility index (Phi) is 5.47. The zero-order valence-electron chi connectivity index (χ0n) is 13.2. The van der Waals surface area contributed by atoms with E-state index in [0.717, 1.165) is 16.8 Å². The van der Waals surface area contributed by atoms with Crippen LogP contribution in [-0.2, 0) is 20.9 Å². The zero-order valence-corrected chi connectivity index (χ0v) is 13.2. The number of benzene rings is 1. The van der Waals surface area contributed by atoms with E-state index in [1.165, 1.54) is 13.0 Å². The summed E-state index contributed by atoms with van der Waals surface area (Å²) in [4.78, 5) is 48.3. The van der Waals surface area contributed by atoms with Crippen molar-refractivity contribution in [3.8, 4) is 6.07 Å². The molecule has 0 fully saturated rings. The van der Waals surface area contributed by atoms with Crippen molar-refractivity contribution < 1.29 is 14.3 Å². The van der Waals surface area contributed by atoms with Gasteiger partial charge in [0.05, 0.1) is 11.6 Å². The van der Waals surface area contributed by atoms with E-state index in [0.29, 0.717) is 11.3 Å². The summed E-state index contributed by atoms with van der Waals surface area (Å²) in [6.45, 7) is 0.925. The lowest BCUT2D eigenvalue weighted by Crippen LogP contribution is -2.34. The molecular formula is C16H14N4O5. The molecule has 0 aliphatic heterocycles. The monoisotopic (exact) mass is 342 g/mol. The minimum absolute atomic E-state index is 0.375. The Hall–Kier alpha value is -3.67. The molecule has 9 nitrogen and oxygen atoms in total. The summed E-state index contributed by atoms with van der Waals surface area (Å²) in [5, 5.41) is 11.3. The van der Waals surface area contributed by atoms with Crippen molar-refractivity contribution in [2.45, 2.75) is 19.6 Å². The second-order valence-corrected chi connectivity index (χ2v) is 5.05. The van der Waals surface area contributed by atoms with Crippen molar-refractivity contribution in [1.29, 1.82) is 5.26 Å². The number of aromatic nitrogens is 2. The lowest BCUT2D eigenvalue weighted by Gasteiger charge is -2.14. The van der Waals surface area contributed by atoms with E-state index in [-0.39, 0.29) is 0 Å². The van der Waals surface area contributed by atoms with Crippen LogP contribution in [0.4, 0.5) is 5.69 Å². The molecule has 1 aromatic carbocycles. The maximum absolute atomic E-state index is 12.0. The van der Waals surface area contributed by atoms with Crippen LogP contribution in [0.1, 0.15) is 12.5 Å². The van der Waals surface area contributed by atoms with Crippen LogP contribution in [0.5, 0.6) is 0 Å². The number of nitrogens with one attached hydrogen (secondary N) is 2. The highest BCUT2D eigenvalue weighted by atomic mass is 16.5. The van der Waals surface area contributed by atoms with Crippen LogP contribution in [0.15, 0.2) is 46.1 Å². The van der Waals surface area contributed by atoms with Gasteiger partial charge in [0.25, 0.3) is 11.5 Å². The van der Waals surface area contributed by atoms with Crippen molar-refractivity contribution in [2.75, 3.05) is 5.32 Å². The molecule has 128 valence electrons. The number of anilines is 1. The third kappa shape index (κ3) is 4.90. The van der Waals surface area contributed by atoms with Gasteiger partial charge in [-0.2, -0.15) is 5.26 Å². The first-order chi connectivity index (χ1) is 11.9. The topological polar surface area (TPSA) is 134 Å². The minimum Gasteiger partial charge on any atom is -0.451 e. The molecule has 9 heteroatoms. The number of nitriles is 1. The fourth-order valence-corrected chi connectivity index (χ4v) is 1.91. The second kappa shape index (κ2) is 7.74. The lowest BCUT2D eigenvalue weighted by atomic mass is 10.2. The predicted octanol–water partition coefficient (Wildman–Crippen LogP) is -0.0213. The van der Waals surface area contributed by atoms with Crippen molar-refractivity contribution in [1.82, 2.24) is 9.55 Å². The van der Waals surface area contributed by atoms with Gasteiger partial charge in [-0.15, -0.1) is 0 Å². The smallest absolute Gasteiger partial charge is 0.328 e. The van der Waals surface area contributed by atoms with Gasteiger partial charge in [-0.25, -0.2) is 4.79 Å². The van der Waals surface area contributed by atoms with E-state index in [4.69, 9.17) is 10.00 Å². The average molecular weight is 342 g/mol. The summed E-state index contributed by atoms with van der Waals surface area (Å²) >= 11 is 0. The number of carbonyl (C=O) groups is 2. The van der Waals surface area contributed by atoms with E-state index in [1.54, 1.807) is 18.2 Å². The quantitative estimate of drug-likeness (QED) is 0.733. The summed E-state index contributed by atoms with van der Waals surface area (Å²) in [5.41, 5.74) is -0.569. The summed E-state index contributed by atoms with van der Waals surface area (Å²) in [6.07, 6.45) is 0.0392. The largest absolute Gasteiger partial charge is 0.451 e. The Morgan fingerprint density at radius 1 is 1.36 bits per heavy atom. The van der Waals surface area contributed by atoms with Crippen LogP contribution in [0.3, 0.4) is 0 Å². The first-order valence-corrected chi connectivity index (χ1v) is 7.19. The number of carbonyl (C=O) groups excluding carboxylic acids is 2. The summed E-state index contributed by atoms with van der Waals surface area (Å²) in [5.74, 6) is -1.40. The summed E-state index contributed by atoms with van der Waals surface area (Å²) in [7, 11) is 0. The van der Waals surface area contributed by atoms with Crippen molar-refractivity contribution >= 4 is 17.6 Å². The maximum Gasteiger partial charge on any atom is 0.328 e. The Labute approximate surface area is 141 Å². The molecule has 0 unspecified atom stereocenters. The highest BCUT2D eigenvalue weighted by Gasteiger charge is 2.18. The van der Waals surface area contributed by atoms with Crippen molar-refractivity contribution in [3.05, 3.63) is 62.9 Å². The Balaban J connectivity index is 1.96. The number of hydrogen-bond acceptors (Lipinski definition) is 6. The Morgan fingerprint density at radius 2 is 2.12 bits per heavy atom. The zero-order chi connectivity index (χ0) is 18.4. The van der Waals surface area contributed by atoms with E-state index in [1.807, 2.05) is 11.1 Å². The SMILES string of the molecule is C[C@H](OC(=O)Cn1ccc(=O)[nH]c1=O)C(=O)Nc1cccc(C#N)c1. The molecule has 1 aromatic heterocycles. The molecule has 0 radical (unpaired) electrons. The molecule has 0 aliphatic carbocycles. The van der Waals surface area contributed by atoms with Crippen LogP contribution in [0.2, 0.25) is 0 Å². The molecule has 0 spiro atoms. The number of rotatable bonds is 5. The standard InChI is InChI=1S/C16H14N4O5/c1-10(15(23)18-12-4-2-3-11(7-12)8-17)25-14(22)9-20-6-5-13(21)19-16(20)24/h2-7,10H,9H2,1H3,(H,18,23)(H,19,21,24)/t10-/m0/s1. The van der Waals surface area contributed by atoms with E-state index in [2.05, 4.69) is 5.32 Å².